The zero-order valence-corrected chi connectivity index (χ0v) is 11.6. The molecule has 0 atom stereocenters. The molecular weight excluding hydrogens is 304 g/mol. The van der Waals surface area contributed by atoms with E-state index in [-0.39, 0.29) is 5.56 Å². The lowest BCUT2D eigenvalue weighted by atomic mass is 10.1. The second kappa shape index (κ2) is 6.48. The van der Waals surface area contributed by atoms with Crippen molar-refractivity contribution in [2.45, 2.75) is 0 Å². The average Bonchev–Trinajstić information content (AvgIpc) is 2.53. The van der Waals surface area contributed by atoms with E-state index in [0.29, 0.717) is 0 Å². The summed E-state index contributed by atoms with van der Waals surface area (Å²) >= 11 is 0. The number of carbonyl (C=O) groups excluding carboxylic acids is 1. The molecule has 0 saturated carbocycles. The van der Waals surface area contributed by atoms with Gasteiger partial charge in [-0.1, -0.05) is 36.4 Å². The molecular formula is C15H10N2O6. The highest BCUT2D eigenvalue weighted by molar-refractivity contribution is 6.07. The molecule has 2 aromatic rings. The van der Waals surface area contributed by atoms with Crippen LogP contribution in [0.25, 0.3) is 6.08 Å². The van der Waals surface area contributed by atoms with Crippen molar-refractivity contribution in [2.75, 3.05) is 0 Å². The van der Waals surface area contributed by atoms with Crippen LogP contribution < -0.4 is 0 Å². The quantitative estimate of drug-likeness (QED) is 0.391. The highest BCUT2D eigenvalue weighted by atomic mass is 16.6. The largest absolute Gasteiger partial charge is 0.497 e. The minimum Gasteiger partial charge on any atom is -0.497 e. The van der Waals surface area contributed by atoms with E-state index < -0.39 is 32.8 Å². The average molecular weight is 314 g/mol. The van der Waals surface area contributed by atoms with Crippen LogP contribution in [0.2, 0.25) is 0 Å². The Hall–Kier alpha value is -3.55. The molecule has 23 heavy (non-hydrogen) atoms. The topological polar surface area (TPSA) is 124 Å². The zero-order chi connectivity index (χ0) is 17.0. The molecule has 8 nitrogen and oxygen atoms in total. The maximum absolute atomic E-state index is 12.1. The molecule has 2 aromatic carbocycles. The van der Waals surface area contributed by atoms with Crippen molar-refractivity contribution >= 4 is 23.2 Å². The molecule has 0 bridgehead atoms. The van der Waals surface area contributed by atoms with Gasteiger partial charge in [-0.2, -0.15) is 0 Å². The number of phenolic OH excluding ortho intramolecular Hbond substituents is 1. The van der Waals surface area contributed by atoms with Crippen LogP contribution in [0.5, 0.6) is 5.75 Å². The molecule has 0 aliphatic heterocycles. The normalized spacial score (nSPS) is 10.6. The predicted octanol–water partition coefficient (Wildman–Crippen LogP) is 3.10. The summed E-state index contributed by atoms with van der Waals surface area (Å²) in [6, 6.07) is 10.4. The second-order valence-electron chi connectivity index (χ2n) is 4.49. The van der Waals surface area contributed by atoms with Crippen molar-refractivity contribution in [3.8, 4) is 5.75 Å². The van der Waals surface area contributed by atoms with E-state index in [9.17, 15) is 30.1 Å². The predicted molar refractivity (Wildman–Crippen MR) is 81.2 cm³/mol. The lowest BCUT2D eigenvalue weighted by Gasteiger charge is -2.01. The third-order valence-corrected chi connectivity index (χ3v) is 2.97. The fraction of sp³-hybridized carbons (Fsp3) is 0. The number of hydrogen-bond donors (Lipinski definition) is 1. The molecule has 1 N–H and O–H groups in total. The van der Waals surface area contributed by atoms with E-state index in [1.54, 1.807) is 30.3 Å². The van der Waals surface area contributed by atoms with Crippen LogP contribution >= 0.6 is 0 Å². The van der Waals surface area contributed by atoms with Crippen LogP contribution in [-0.4, -0.2) is 20.7 Å². The van der Waals surface area contributed by atoms with Gasteiger partial charge in [-0.05, 0) is 11.6 Å². The first kappa shape index (κ1) is 15.8. The Kier molecular flexibility index (Phi) is 4.46. The SMILES string of the molecule is O=C(/C=C/c1ccccc1)c1cc([N+](=O)[O-])c(O)c([N+](=O)[O-])c1. The molecule has 0 spiro atoms. The second-order valence-corrected chi connectivity index (χ2v) is 4.49. The summed E-state index contributed by atoms with van der Waals surface area (Å²) in [5.74, 6) is -1.73. The zero-order valence-electron chi connectivity index (χ0n) is 11.6. The lowest BCUT2D eigenvalue weighted by molar-refractivity contribution is -0.396. The number of nitro benzene ring substituents is 2. The summed E-state index contributed by atoms with van der Waals surface area (Å²) in [6.07, 6.45) is 2.63. The minimum atomic E-state index is -1.08. The Labute approximate surface area is 129 Å². The molecule has 0 saturated heterocycles. The first-order chi connectivity index (χ1) is 10.9. The molecule has 0 fully saturated rings. The Bertz CT molecular complexity index is 779. The van der Waals surface area contributed by atoms with E-state index in [4.69, 9.17) is 0 Å². The maximum Gasteiger partial charge on any atom is 0.318 e. The van der Waals surface area contributed by atoms with E-state index in [1.165, 1.54) is 6.08 Å². The monoisotopic (exact) mass is 314 g/mol. The summed E-state index contributed by atoms with van der Waals surface area (Å²) in [5, 5.41) is 31.2. The number of allylic oxidation sites excluding steroid dienone is 1. The molecule has 0 aliphatic carbocycles. The van der Waals surface area contributed by atoms with Gasteiger partial charge in [0, 0.05) is 17.7 Å². The van der Waals surface area contributed by atoms with Crippen molar-refractivity contribution in [3.05, 3.63) is 79.9 Å². The number of hydrogen-bond acceptors (Lipinski definition) is 6. The molecule has 0 heterocycles. The number of benzene rings is 2. The summed E-state index contributed by atoms with van der Waals surface area (Å²) in [6.45, 7) is 0. The van der Waals surface area contributed by atoms with Gasteiger partial charge in [0.05, 0.1) is 9.85 Å². The first-order valence-corrected chi connectivity index (χ1v) is 6.33. The summed E-state index contributed by atoms with van der Waals surface area (Å²) in [5.41, 5.74) is -1.32. The Morgan fingerprint density at radius 2 is 1.52 bits per heavy atom. The van der Waals surface area contributed by atoms with Gasteiger partial charge >= 0.3 is 11.4 Å². The van der Waals surface area contributed by atoms with Crippen LogP contribution in [0.4, 0.5) is 11.4 Å². The van der Waals surface area contributed by atoms with E-state index >= 15 is 0 Å². The Balaban J connectivity index is 2.42. The standard InChI is InChI=1S/C15H10N2O6/c18-14(7-6-10-4-2-1-3-5-10)11-8-12(16(20)21)15(19)13(9-11)17(22)23/h1-9,19H/b7-6+. The number of nitrogens with zero attached hydrogens (tertiary/aromatic N) is 2. The molecule has 0 radical (unpaired) electrons. The van der Waals surface area contributed by atoms with E-state index in [2.05, 4.69) is 0 Å². The molecule has 0 amide bonds. The number of aromatic hydroxyl groups is 1. The Morgan fingerprint density at radius 1 is 1.00 bits per heavy atom. The molecule has 2 rings (SSSR count). The summed E-state index contributed by atoms with van der Waals surface area (Å²) in [4.78, 5) is 31.8. The van der Waals surface area contributed by atoms with Crippen LogP contribution in [0, 0.1) is 20.2 Å². The first-order valence-electron chi connectivity index (χ1n) is 6.33. The Morgan fingerprint density at radius 3 is 2.00 bits per heavy atom. The fourth-order valence-corrected chi connectivity index (χ4v) is 1.86. The van der Waals surface area contributed by atoms with Gasteiger partial charge in [-0.25, -0.2) is 0 Å². The van der Waals surface area contributed by atoms with Gasteiger partial charge in [0.1, 0.15) is 0 Å². The van der Waals surface area contributed by atoms with Crippen LogP contribution in [0.15, 0.2) is 48.5 Å². The van der Waals surface area contributed by atoms with Crippen LogP contribution in [-0.2, 0) is 0 Å². The highest BCUT2D eigenvalue weighted by Gasteiger charge is 2.27. The molecule has 116 valence electrons. The number of phenols is 1. The van der Waals surface area contributed by atoms with E-state index in [0.717, 1.165) is 23.8 Å². The molecule has 0 unspecified atom stereocenters. The highest BCUT2D eigenvalue weighted by Crippen LogP contribution is 2.36. The smallest absolute Gasteiger partial charge is 0.318 e. The number of carbonyl (C=O) groups is 1. The van der Waals surface area contributed by atoms with Gasteiger partial charge in [0.25, 0.3) is 5.75 Å². The third-order valence-electron chi connectivity index (χ3n) is 2.97. The van der Waals surface area contributed by atoms with Gasteiger partial charge in [0.15, 0.2) is 5.78 Å². The fourth-order valence-electron chi connectivity index (χ4n) is 1.86. The van der Waals surface area contributed by atoms with Crippen molar-refractivity contribution in [1.82, 2.24) is 0 Å². The van der Waals surface area contributed by atoms with Crippen molar-refractivity contribution in [3.63, 3.8) is 0 Å². The number of rotatable bonds is 5. The number of nitro groups is 2. The van der Waals surface area contributed by atoms with E-state index in [1.807, 2.05) is 0 Å². The van der Waals surface area contributed by atoms with Gasteiger partial charge < -0.3 is 5.11 Å². The van der Waals surface area contributed by atoms with Crippen LogP contribution in [0.3, 0.4) is 0 Å². The summed E-state index contributed by atoms with van der Waals surface area (Å²) < 4.78 is 0. The van der Waals surface area contributed by atoms with Gasteiger partial charge in [-0.3, -0.25) is 25.0 Å². The van der Waals surface area contributed by atoms with Crippen molar-refractivity contribution < 1.29 is 19.7 Å². The lowest BCUT2D eigenvalue weighted by Crippen LogP contribution is -2.00. The summed E-state index contributed by atoms with van der Waals surface area (Å²) in [7, 11) is 0. The molecule has 0 aliphatic rings. The minimum absolute atomic E-state index is 0.256. The van der Waals surface area contributed by atoms with Crippen LogP contribution in [0.1, 0.15) is 15.9 Å². The van der Waals surface area contributed by atoms with Crippen molar-refractivity contribution in [1.29, 1.82) is 0 Å². The van der Waals surface area contributed by atoms with Crippen molar-refractivity contribution in [2.24, 2.45) is 0 Å². The third kappa shape index (κ3) is 3.56. The maximum atomic E-state index is 12.1. The van der Waals surface area contributed by atoms with Gasteiger partial charge in [0.2, 0.25) is 0 Å². The number of ketones is 1. The van der Waals surface area contributed by atoms with Gasteiger partial charge in [-0.15, -0.1) is 0 Å². The molecule has 0 aromatic heterocycles. The molecule has 8 heteroatoms.